The van der Waals surface area contributed by atoms with Crippen molar-refractivity contribution in [2.75, 3.05) is 7.11 Å². The molecular formula is C29H24Cl2N2O. The summed E-state index contributed by atoms with van der Waals surface area (Å²) < 4.78 is 7.46. The zero-order chi connectivity index (χ0) is 23.8. The normalized spacial score (nSPS) is 12.1. The third-order valence-electron chi connectivity index (χ3n) is 6.16. The number of aryl methyl sites for hydroxylation is 1. The van der Waals surface area contributed by atoms with Crippen LogP contribution in [0.2, 0.25) is 10.0 Å². The topological polar surface area (TPSA) is 27.1 Å². The van der Waals surface area contributed by atoms with Crippen LogP contribution in [0.5, 0.6) is 5.75 Å². The highest BCUT2D eigenvalue weighted by atomic mass is 35.5. The Kier molecular flexibility index (Phi) is 6.07. The van der Waals surface area contributed by atoms with Crippen molar-refractivity contribution in [3.8, 4) is 28.3 Å². The molecule has 34 heavy (non-hydrogen) atoms. The van der Waals surface area contributed by atoms with Crippen molar-refractivity contribution in [3.05, 3.63) is 106 Å². The number of hydrogen-bond donors (Lipinski definition) is 0. The van der Waals surface area contributed by atoms with Gasteiger partial charge in [0.25, 0.3) is 0 Å². The summed E-state index contributed by atoms with van der Waals surface area (Å²) in [4.78, 5) is 0. The number of aromatic nitrogens is 2. The highest BCUT2D eigenvalue weighted by Gasteiger charge is 2.18. The molecule has 1 heterocycles. The van der Waals surface area contributed by atoms with Crippen molar-refractivity contribution in [3.63, 3.8) is 0 Å². The molecule has 170 valence electrons. The Morgan fingerprint density at radius 3 is 2.15 bits per heavy atom. The standard InChI is InChI=1S/C29H24Cl2N2O/c1-18-4-6-20(7-5-18)19(2)33-29(17-28(32-33)24-13-25(30)16-26(31)14-24)23-9-8-22-15-27(34-3)11-10-21(22)12-23/h4-17,19H,1-3H3/t19-/m0/s1. The van der Waals surface area contributed by atoms with Gasteiger partial charge in [0, 0.05) is 21.2 Å². The molecule has 5 heteroatoms. The Morgan fingerprint density at radius 1 is 0.765 bits per heavy atom. The Labute approximate surface area is 209 Å². The number of fused-ring (bicyclic) bond motifs is 1. The highest BCUT2D eigenvalue weighted by molar-refractivity contribution is 6.35. The summed E-state index contributed by atoms with van der Waals surface area (Å²) in [6, 6.07) is 28.8. The molecule has 0 saturated carbocycles. The monoisotopic (exact) mass is 486 g/mol. The molecule has 3 nitrogen and oxygen atoms in total. The summed E-state index contributed by atoms with van der Waals surface area (Å²) in [5, 5.41) is 8.47. The number of ether oxygens (including phenoxy) is 1. The third-order valence-corrected chi connectivity index (χ3v) is 6.60. The molecule has 5 rings (SSSR count). The quantitative estimate of drug-likeness (QED) is 0.248. The van der Waals surface area contributed by atoms with Crippen LogP contribution in [0.3, 0.4) is 0 Å². The second kappa shape index (κ2) is 9.17. The maximum atomic E-state index is 6.30. The molecule has 0 unspecified atom stereocenters. The zero-order valence-corrected chi connectivity index (χ0v) is 20.7. The molecule has 0 spiro atoms. The highest BCUT2D eigenvalue weighted by Crippen LogP contribution is 2.34. The number of nitrogens with zero attached hydrogens (tertiary/aromatic N) is 2. The van der Waals surface area contributed by atoms with Gasteiger partial charge in [-0.3, -0.25) is 4.68 Å². The van der Waals surface area contributed by atoms with Gasteiger partial charge in [0.2, 0.25) is 0 Å². The van der Waals surface area contributed by atoms with Crippen LogP contribution in [0, 0.1) is 6.92 Å². The van der Waals surface area contributed by atoms with E-state index in [0.29, 0.717) is 10.0 Å². The van der Waals surface area contributed by atoms with Gasteiger partial charge >= 0.3 is 0 Å². The predicted molar refractivity (Wildman–Crippen MR) is 142 cm³/mol. The average molecular weight is 487 g/mol. The van der Waals surface area contributed by atoms with Crippen molar-refractivity contribution in [2.24, 2.45) is 0 Å². The Hall–Kier alpha value is -3.27. The number of hydrogen-bond acceptors (Lipinski definition) is 2. The van der Waals surface area contributed by atoms with Gasteiger partial charge < -0.3 is 4.74 Å². The molecule has 4 aromatic carbocycles. The summed E-state index contributed by atoms with van der Waals surface area (Å²) in [7, 11) is 1.68. The van der Waals surface area contributed by atoms with Gasteiger partial charge in [-0.05, 0) is 72.6 Å². The van der Waals surface area contributed by atoms with Crippen LogP contribution in [0.25, 0.3) is 33.3 Å². The lowest BCUT2D eigenvalue weighted by atomic mass is 10.0. The first-order chi connectivity index (χ1) is 16.4. The number of rotatable bonds is 5. The lowest BCUT2D eigenvalue weighted by molar-refractivity contribution is 0.415. The van der Waals surface area contributed by atoms with Gasteiger partial charge in [0.15, 0.2) is 0 Å². The Bertz CT molecular complexity index is 1470. The van der Waals surface area contributed by atoms with Gasteiger partial charge in [-0.2, -0.15) is 5.10 Å². The van der Waals surface area contributed by atoms with Crippen LogP contribution in [-0.2, 0) is 0 Å². The van der Waals surface area contributed by atoms with Gasteiger partial charge in [-0.1, -0.05) is 71.2 Å². The van der Waals surface area contributed by atoms with Crippen molar-refractivity contribution in [1.82, 2.24) is 9.78 Å². The molecule has 0 fully saturated rings. The number of benzene rings is 4. The summed E-state index contributed by atoms with van der Waals surface area (Å²) >= 11 is 12.6. The molecule has 1 atom stereocenters. The minimum absolute atomic E-state index is 0.0329. The second-order valence-corrected chi connectivity index (χ2v) is 9.40. The van der Waals surface area contributed by atoms with Crippen LogP contribution < -0.4 is 4.74 Å². The van der Waals surface area contributed by atoms with Gasteiger partial charge in [0.1, 0.15) is 5.75 Å². The first-order valence-corrected chi connectivity index (χ1v) is 11.9. The maximum Gasteiger partial charge on any atom is 0.119 e. The number of methoxy groups -OCH3 is 1. The maximum absolute atomic E-state index is 6.30. The van der Waals surface area contributed by atoms with Gasteiger partial charge in [0.05, 0.1) is 24.5 Å². The van der Waals surface area contributed by atoms with Crippen LogP contribution in [0.1, 0.15) is 24.1 Å². The third kappa shape index (κ3) is 4.42. The van der Waals surface area contributed by atoms with Crippen molar-refractivity contribution >= 4 is 34.0 Å². The molecule has 0 N–H and O–H groups in total. The molecule has 0 bridgehead atoms. The van der Waals surface area contributed by atoms with Gasteiger partial charge in [-0.25, -0.2) is 0 Å². The van der Waals surface area contributed by atoms with Crippen molar-refractivity contribution < 1.29 is 4.74 Å². The average Bonchev–Trinajstić information content (AvgIpc) is 3.28. The smallest absolute Gasteiger partial charge is 0.119 e. The second-order valence-electron chi connectivity index (χ2n) is 8.53. The van der Waals surface area contributed by atoms with E-state index in [-0.39, 0.29) is 6.04 Å². The minimum atomic E-state index is 0.0329. The van der Waals surface area contributed by atoms with E-state index in [0.717, 1.165) is 39.0 Å². The van der Waals surface area contributed by atoms with Crippen LogP contribution in [0.15, 0.2) is 84.9 Å². The molecule has 0 amide bonds. The van der Waals surface area contributed by atoms with E-state index in [1.807, 2.05) is 24.3 Å². The summed E-state index contributed by atoms with van der Waals surface area (Å²) in [5.41, 5.74) is 6.25. The molecule has 0 radical (unpaired) electrons. The minimum Gasteiger partial charge on any atom is -0.497 e. The van der Waals surface area contributed by atoms with Crippen molar-refractivity contribution in [2.45, 2.75) is 19.9 Å². The van der Waals surface area contributed by atoms with E-state index >= 15 is 0 Å². The Balaban J connectivity index is 1.67. The first-order valence-electron chi connectivity index (χ1n) is 11.1. The number of halogens is 2. The predicted octanol–water partition coefficient (Wildman–Crippen LogP) is 8.60. The molecule has 5 aromatic rings. The summed E-state index contributed by atoms with van der Waals surface area (Å²) in [6.45, 7) is 4.26. The van der Waals surface area contributed by atoms with Crippen LogP contribution in [0.4, 0.5) is 0 Å². The van der Waals surface area contributed by atoms with Crippen LogP contribution in [-0.4, -0.2) is 16.9 Å². The van der Waals surface area contributed by atoms with E-state index in [1.165, 1.54) is 11.1 Å². The van der Waals surface area contributed by atoms with E-state index in [4.69, 9.17) is 33.0 Å². The molecule has 0 saturated heterocycles. The molecule has 0 aliphatic carbocycles. The summed E-state index contributed by atoms with van der Waals surface area (Å²) in [5.74, 6) is 0.846. The van der Waals surface area contributed by atoms with E-state index in [1.54, 1.807) is 13.2 Å². The van der Waals surface area contributed by atoms with E-state index < -0.39 is 0 Å². The summed E-state index contributed by atoms with van der Waals surface area (Å²) in [6.07, 6.45) is 0. The van der Waals surface area contributed by atoms with Gasteiger partial charge in [-0.15, -0.1) is 0 Å². The first kappa shape index (κ1) is 22.5. The largest absolute Gasteiger partial charge is 0.497 e. The fraction of sp³-hybridized carbons (Fsp3) is 0.138. The SMILES string of the molecule is COc1ccc2cc(-c3cc(-c4cc(Cl)cc(Cl)c4)nn3[C@@H](C)c3ccc(C)cc3)ccc2c1. The van der Waals surface area contributed by atoms with E-state index in [2.05, 4.69) is 73.1 Å². The molecule has 0 aliphatic heterocycles. The lowest BCUT2D eigenvalue weighted by Crippen LogP contribution is -2.10. The molecular weight excluding hydrogens is 463 g/mol. The fourth-order valence-electron chi connectivity index (χ4n) is 4.24. The molecule has 0 aliphatic rings. The van der Waals surface area contributed by atoms with Crippen LogP contribution >= 0.6 is 23.2 Å². The Morgan fingerprint density at radius 2 is 1.44 bits per heavy atom. The molecule has 1 aromatic heterocycles. The lowest BCUT2D eigenvalue weighted by Gasteiger charge is -2.17. The fourth-order valence-corrected chi connectivity index (χ4v) is 4.77. The van der Waals surface area contributed by atoms with E-state index in [9.17, 15) is 0 Å². The zero-order valence-electron chi connectivity index (χ0n) is 19.2. The van der Waals surface area contributed by atoms with Crippen molar-refractivity contribution in [1.29, 1.82) is 0 Å².